The van der Waals surface area contributed by atoms with Crippen LogP contribution < -0.4 is 5.73 Å². The molecule has 0 aromatic carbocycles. The van der Waals surface area contributed by atoms with Crippen LogP contribution in [0, 0.1) is 0 Å². The lowest BCUT2D eigenvalue weighted by atomic mass is 10.4. The number of hydrogen-bond acceptors (Lipinski definition) is 6. The van der Waals surface area contributed by atoms with Gasteiger partial charge in [0.1, 0.15) is 0 Å². The van der Waals surface area contributed by atoms with Gasteiger partial charge in [-0.3, -0.25) is 0 Å². The molecule has 1 rings (SSSR count). The van der Waals surface area contributed by atoms with E-state index >= 15 is 0 Å². The summed E-state index contributed by atoms with van der Waals surface area (Å²) in [6.45, 7) is 0.207. The summed E-state index contributed by atoms with van der Waals surface area (Å²) < 4.78 is 22.5. The Morgan fingerprint density at radius 2 is 2.14 bits per heavy atom. The molecule has 5 nitrogen and oxygen atoms in total. The second kappa shape index (κ2) is 4.24. The monoisotopic (exact) mass is 233 g/mol. The Labute approximate surface area is 87.1 Å². The lowest BCUT2D eigenvalue weighted by Crippen LogP contribution is -2.07. The third-order valence-electron chi connectivity index (χ3n) is 1.51. The molecule has 0 radical (unpaired) electrons. The van der Waals surface area contributed by atoms with Crippen molar-refractivity contribution in [3.8, 4) is 0 Å². The van der Waals surface area contributed by atoms with E-state index in [0.29, 0.717) is 10.9 Å². The van der Waals surface area contributed by atoms with E-state index in [1.165, 1.54) is 17.8 Å². The molecule has 0 spiro atoms. The van der Waals surface area contributed by atoms with Gasteiger partial charge in [0.15, 0.2) is 20.0 Å². The molecule has 0 unspecified atom stereocenters. The molecule has 1 aromatic heterocycles. The van der Waals surface area contributed by atoms with Crippen LogP contribution in [0.15, 0.2) is 16.2 Å². The quantitative estimate of drug-likeness (QED) is 0.451. The van der Waals surface area contributed by atoms with Gasteiger partial charge in [0, 0.05) is 12.8 Å². The van der Waals surface area contributed by atoms with Crippen LogP contribution in [0.25, 0.3) is 0 Å². The van der Waals surface area contributed by atoms with Crippen molar-refractivity contribution < 1.29 is 8.42 Å². The Bertz CT molecular complexity index is 408. The normalized spacial score (nSPS) is 11.6. The Morgan fingerprint density at radius 1 is 1.50 bits per heavy atom. The highest BCUT2D eigenvalue weighted by Crippen LogP contribution is 2.13. The van der Waals surface area contributed by atoms with Crippen molar-refractivity contribution in [1.82, 2.24) is 9.97 Å². The fourth-order valence-corrected chi connectivity index (χ4v) is 1.89. The minimum absolute atomic E-state index is 0.0253. The van der Waals surface area contributed by atoms with Crippen LogP contribution in [0.4, 0.5) is 0 Å². The van der Waals surface area contributed by atoms with Gasteiger partial charge in [0.2, 0.25) is 0 Å². The highest BCUT2D eigenvalue weighted by atomic mass is 32.2. The van der Waals surface area contributed by atoms with E-state index in [9.17, 15) is 8.42 Å². The van der Waals surface area contributed by atoms with E-state index in [1.807, 2.05) is 0 Å². The van der Waals surface area contributed by atoms with E-state index in [4.69, 9.17) is 5.73 Å². The minimum atomic E-state index is -3.29. The SMILES string of the molecule is CSc1nc(CN)cc(S(C)(=O)=O)n1. The molecule has 0 amide bonds. The van der Waals surface area contributed by atoms with E-state index in [-0.39, 0.29) is 11.6 Å². The summed E-state index contributed by atoms with van der Waals surface area (Å²) in [6.07, 6.45) is 2.89. The first-order valence-electron chi connectivity index (χ1n) is 3.79. The summed E-state index contributed by atoms with van der Waals surface area (Å²) in [7, 11) is -3.29. The number of nitrogens with two attached hydrogens (primary N) is 1. The number of rotatable bonds is 3. The van der Waals surface area contributed by atoms with Crippen molar-refractivity contribution >= 4 is 21.6 Å². The summed E-state index contributed by atoms with van der Waals surface area (Å²) in [5, 5.41) is 0.450. The zero-order chi connectivity index (χ0) is 10.8. The first-order chi connectivity index (χ1) is 6.47. The molecule has 14 heavy (non-hydrogen) atoms. The van der Waals surface area contributed by atoms with Crippen molar-refractivity contribution in [3.63, 3.8) is 0 Å². The van der Waals surface area contributed by atoms with Crippen LogP contribution in [-0.4, -0.2) is 30.9 Å². The maximum atomic E-state index is 11.2. The lowest BCUT2D eigenvalue weighted by molar-refractivity contribution is 0.595. The molecule has 0 fully saturated rings. The van der Waals surface area contributed by atoms with Gasteiger partial charge in [0.25, 0.3) is 0 Å². The van der Waals surface area contributed by atoms with Gasteiger partial charge in [-0.05, 0) is 12.3 Å². The van der Waals surface area contributed by atoms with E-state index in [0.717, 1.165) is 6.26 Å². The van der Waals surface area contributed by atoms with E-state index in [1.54, 1.807) is 6.26 Å². The number of thioether (sulfide) groups is 1. The Kier molecular flexibility index (Phi) is 3.46. The first kappa shape index (κ1) is 11.4. The van der Waals surface area contributed by atoms with Gasteiger partial charge in [0.05, 0.1) is 5.69 Å². The second-order valence-corrected chi connectivity index (χ2v) is 5.40. The maximum absolute atomic E-state index is 11.2. The van der Waals surface area contributed by atoms with Crippen LogP contribution in [0.5, 0.6) is 0 Å². The Balaban J connectivity index is 3.32. The standard InChI is InChI=1S/C7H11N3O2S2/c1-13-7-9-5(4-8)3-6(10-7)14(2,11)12/h3H,4,8H2,1-2H3. The van der Waals surface area contributed by atoms with Crippen molar-refractivity contribution in [1.29, 1.82) is 0 Å². The lowest BCUT2D eigenvalue weighted by Gasteiger charge is -2.03. The molecule has 0 saturated heterocycles. The predicted octanol–water partition coefficient (Wildman–Crippen LogP) is 0.0607. The van der Waals surface area contributed by atoms with Gasteiger partial charge in [-0.1, -0.05) is 11.8 Å². The molecule has 1 aromatic rings. The summed E-state index contributed by atoms with van der Waals surface area (Å²) in [6, 6.07) is 1.40. The molecular weight excluding hydrogens is 222 g/mol. The molecule has 0 aliphatic heterocycles. The molecule has 1 heterocycles. The molecule has 78 valence electrons. The van der Waals surface area contributed by atoms with Crippen LogP contribution in [0.1, 0.15) is 5.69 Å². The second-order valence-electron chi connectivity index (χ2n) is 2.66. The Hall–Kier alpha value is -0.660. The molecule has 0 atom stereocenters. The highest BCUT2D eigenvalue weighted by molar-refractivity contribution is 7.98. The summed E-state index contributed by atoms with van der Waals surface area (Å²) in [5.41, 5.74) is 5.92. The van der Waals surface area contributed by atoms with Crippen LogP contribution >= 0.6 is 11.8 Å². The minimum Gasteiger partial charge on any atom is -0.325 e. The third-order valence-corrected chi connectivity index (χ3v) is 3.02. The van der Waals surface area contributed by atoms with Crippen LogP contribution in [0.3, 0.4) is 0 Å². The van der Waals surface area contributed by atoms with Crippen molar-refractivity contribution in [2.75, 3.05) is 12.5 Å². The van der Waals surface area contributed by atoms with Crippen molar-refractivity contribution in [3.05, 3.63) is 11.8 Å². The molecule has 2 N–H and O–H groups in total. The first-order valence-corrected chi connectivity index (χ1v) is 6.91. The zero-order valence-electron chi connectivity index (χ0n) is 7.89. The van der Waals surface area contributed by atoms with Gasteiger partial charge in [-0.15, -0.1) is 0 Å². The summed E-state index contributed by atoms with van der Waals surface area (Å²) in [5.74, 6) is 0. The largest absolute Gasteiger partial charge is 0.325 e. The molecule has 0 bridgehead atoms. The molecular formula is C7H11N3O2S2. The number of hydrogen-bond donors (Lipinski definition) is 1. The molecule has 0 aliphatic rings. The van der Waals surface area contributed by atoms with Crippen LogP contribution in [-0.2, 0) is 16.4 Å². The Morgan fingerprint density at radius 3 is 2.57 bits per heavy atom. The topological polar surface area (TPSA) is 85.9 Å². The van der Waals surface area contributed by atoms with Crippen molar-refractivity contribution in [2.24, 2.45) is 5.73 Å². The van der Waals surface area contributed by atoms with Crippen LogP contribution in [0.2, 0.25) is 0 Å². The fraction of sp³-hybridized carbons (Fsp3) is 0.429. The van der Waals surface area contributed by atoms with E-state index < -0.39 is 9.84 Å². The number of sulfone groups is 1. The molecule has 0 aliphatic carbocycles. The predicted molar refractivity (Wildman–Crippen MR) is 54.8 cm³/mol. The third kappa shape index (κ3) is 2.66. The highest BCUT2D eigenvalue weighted by Gasteiger charge is 2.12. The summed E-state index contributed by atoms with van der Waals surface area (Å²) >= 11 is 1.29. The van der Waals surface area contributed by atoms with Gasteiger partial charge in [-0.25, -0.2) is 18.4 Å². The number of nitrogens with zero attached hydrogens (tertiary/aromatic N) is 2. The van der Waals surface area contributed by atoms with E-state index in [2.05, 4.69) is 9.97 Å². The fourth-order valence-electron chi connectivity index (χ4n) is 0.835. The average molecular weight is 233 g/mol. The number of aromatic nitrogens is 2. The van der Waals surface area contributed by atoms with Gasteiger partial charge >= 0.3 is 0 Å². The zero-order valence-corrected chi connectivity index (χ0v) is 9.52. The summed E-state index contributed by atoms with van der Waals surface area (Å²) in [4.78, 5) is 7.93. The van der Waals surface area contributed by atoms with Crippen molar-refractivity contribution in [2.45, 2.75) is 16.7 Å². The van der Waals surface area contributed by atoms with Gasteiger partial charge in [-0.2, -0.15) is 0 Å². The van der Waals surface area contributed by atoms with Gasteiger partial charge < -0.3 is 5.73 Å². The molecule has 7 heteroatoms. The smallest absolute Gasteiger partial charge is 0.192 e. The molecule has 0 saturated carbocycles. The average Bonchev–Trinajstić information content (AvgIpc) is 2.15. The maximum Gasteiger partial charge on any atom is 0.192 e.